The third-order valence-corrected chi connectivity index (χ3v) is 8.67. The molecule has 2 saturated carbocycles. The van der Waals surface area contributed by atoms with E-state index in [2.05, 4.69) is 46.9 Å². The molecule has 34 heavy (non-hydrogen) atoms. The van der Waals surface area contributed by atoms with E-state index >= 15 is 0 Å². The first-order valence-electron chi connectivity index (χ1n) is 13.9. The largest absolute Gasteiger partial charge is 0.353 e. The van der Waals surface area contributed by atoms with Crippen molar-refractivity contribution in [1.82, 2.24) is 31.1 Å². The summed E-state index contributed by atoms with van der Waals surface area (Å²) in [7, 11) is 0. The number of rotatable bonds is 4. The average Bonchev–Trinajstić information content (AvgIpc) is 2.84. The molecule has 0 aromatic rings. The molecule has 4 aliphatic rings. The molecule has 2 aliphatic heterocycles. The van der Waals surface area contributed by atoms with E-state index in [1.54, 1.807) is 0 Å². The fourth-order valence-electron chi connectivity index (χ4n) is 6.34. The Morgan fingerprint density at radius 2 is 1.41 bits per heavy atom. The summed E-state index contributed by atoms with van der Waals surface area (Å²) < 4.78 is 0. The summed E-state index contributed by atoms with van der Waals surface area (Å²) in [6.45, 7) is 12.4. The lowest BCUT2D eigenvalue weighted by Crippen LogP contribution is -2.64. The number of urea groups is 1. The Morgan fingerprint density at radius 3 is 2.03 bits per heavy atom. The molecule has 0 radical (unpaired) electrons. The first kappa shape index (κ1) is 25.7. The van der Waals surface area contributed by atoms with E-state index in [0.717, 1.165) is 96.6 Å². The van der Waals surface area contributed by atoms with Gasteiger partial charge in [0.2, 0.25) is 5.91 Å². The minimum absolute atomic E-state index is 0.0571. The zero-order chi connectivity index (χ0) is 24.1. The van der Waals surface area contributed by atoms with Crippen molar-refractivity contribution in [3.8, 4) is 0 Å². The van der Waals surface area contributed by atoms with Crippen molar-refractivity contribution >= 4 is 11.9 Å². The predicted octanol–water partition coefficient (Wildman–Crippen LogP) is 2.46. The molecule has 2 atom stereocenters. The van der Waals surface area contributed by atoms with Gasteiger partial charge in [-0.3, -0.25) is 20.3 Å². The van der Waals surface area contributed by atoms with Crippen LogP contribution >= 0.6 is 0 Å². The van der Waals surface area contributed by atoms with Gasteiger partial charge in [0.05, 0.1) is 0 Å². The molecule has 0 aromatic heterocycles. The number of hydrogen-bond donors (Lipinski definition) is 4. The number of piperazine rings is 1. The molecule has 4 rings (SSSR count). The van der Waals surface area contributed by atoms with Crippen LogP contribution in [0.3, 0.4) is 0 Å². The Balaban J connectivity index is 1.17. The Kier molecular flexibility index (Phi) is 8.75. The quantitative estimate of drug-likeness (QED) is 0.501. The number of nitrogens with one attached hydrogen (secondary N) is 4. The van der Waals surface area contributed by atoms with Crippen LogP contribution in [0.5, 0.6) is 0 Å². The molecule has 0 aromatic carbocycles. The Bertz CT molecular complexity index is 673. The van der Waals surface area contributed by atoms with Crippen LogP contribution in [0, 0.1) is 17.3 Å². The highest BCUT2D eigenvalue weighted by Gasteiger charge is 2.34. The van der Waals surface area contributed by atoms with Crippen molar-refractivity contribution in [3.63, 3.8) is 0 Å². The topological polar surface area (TPSA) is 88.7 Å². The van der Waals surface area contributed by atoms with Gasteiger partial charge in [0, 0.05) is 44.2 Å². The Hall–Kier alpha value is -1.38. The SMILES string of the molecule is CC(C)(C)C1CCC(C(=O)NC2CCCC(NC(=O)N3CCN(C4NCCCN4)CC3)C2)CC1. The summed E-state index contributed by atoms with van der Waals surface area (Å²) in [4.78, 5) is 30.2. The highest BCUT2D eigenvalue weighted by molar-refractivity contribution is 5.79. The molecule has 2 unspecified atom stereocenters. The predicted molar refractivity (Wildman–Crippen MR) is 135 cm³/mol. The highest BCUT2D eigenvalue weighted by Crippen LogP contribution is 2.40. The highest BCUT2D eigenvalue weighted by atomic mass is 16.2. The van der Waals surface area contributed by atoms with Gasteiger partial charge in [-0.2, -0.15) is 0 Å². The van der Waals surface area contributed by atoms with Crippen LogP contribution in [0.25, 0.3) is 0 Å². The molecule has 0 spiro atoms. The maximum Gasteiger partial charge on any atom is 0.317 e. The Labute approximate surface area is 206 Å². The fourth-order valence-corrected chi connectivity index (χ4v) is 6.34. The molecule has 2 heterocycles. The van der Waals surface area contributed by atoms with E-state index in [9.17, 15) is 9.59 Å². The molecule has 8 heteroatoms. The minimum Gasteiger partial charge on any atom is -0.353 e. The molecule has 194 valence electrons. The van der Waals surface area contributed by atoms with Crippen molar-refractivity contribution in [1.29, 1.82) is 0 Å². The summed E-state index contributed by atoms with van der Waals surface area (Å²) in [5.41, 5.74) is 0.340. The molecular formula is C26H48N6O2. The van der Waals surface area contributed by atoms with Crippen molar-refractivity contribution in [2.75, 3.05) is 39.3 Å². The maximum atomic E-state index is 12.9. The van der Waals surface area contributed by atoms with Crippen molar-refractivity contribution < 1.29 is 9.59 Å². The maximum absolute atomic E-state index is 12.9. The van der Waals surface area contributed by atoms with E-state index in [-0.39, 0.29) is 36.2 Å². The second-order valence-electron chi connectivity index (χ2n) is 12.1. The van der Waals surface area contributed by atoms with Crippen LogP contribution in [0.2, 0.25) is 0 Å². The lowest BCUT2D eigenvalue weighted by atomic mass is 9.69. The summed E-state index contributed by atoms with van der Waals surface area (Å²) >= 11 is 0. The van der Waals surface area contributed by atoms with Crippen molar-refractivity contribution in [3.05, 3.63) is 0 Å². The third kappa shape index (κ3) is 6.85. The second-order valence-corrected chi connectivity index (χ2v) is 12.1. The minimum atomic E-state index is 0.0571. The zero-order valence-corrected chi connectivity index (χ0v) is 21.7. The van der Waals surface area contributed by atoms with Crippen LogP contribution in [0.4, 0.5) is 4.79 Å². The first-order valence-corrected chi connectivity index (χ1v) is 13.9. The van der Waals surface area contributed by atoms with Gasteiger partial charge in [-0.05, 0) is 82.2 Å². The molecule has 3 amide bonds. The van der Waals surface area contributed by atoms with Crippen molar-refractivity contribution in [2.45, 2.75) is 96.9 Å². The normalized spacial score (nSPS) is 32.3. The van der Waals surface area contributed by atoms with Gasteiger partial charge in [-0.1, -0.05) is 20.8 Å². The van der Waals surface area contributed by atoms with Crippen molar-refractivity contribution in [2.24, 2.45) is 17.3 Å². The van der Waals surface area contributed by atoms with Crippen LogP contribution in [-0.2, 0) is 4.79 Å². The standard InChI is InChI=1S/C26H48N6O2/c1-26(2,3)20-10-8-19(9-11-20)23(33)29-21-6-4-7-22(18-21)30-25(34)32-16-14-31(15-17-32)24-27-12-5-13-28-24/h19-22,24,27-28H,4-18H2,1-3H3,(H,29,33)(H,30,34). The molecule has 4 N–H and O–H groups in total. The van der Waals surface area contributed by atoms with Gasteiger partial charge < -0.3 is 15.5 Å². The lowest BCUT2D eigenvalue weighted by Gasteiger charge is -2.41. The smallest absolute Gasteiger partial charge is 0.317 e. The van der Waals surface area contributed by atoms with Crippen LogP contribution in [0.15, 0.2) is 0 Å². The molecule has 4 fully saturated rings. The zero-order valence-electron chi connectivity index (χ0n) is 21.7. The monoisotopic (exact) mass is 476 g/mol. The molecular weight excluding hydrogens is 428 g/mol. The van der Waals surface area contributed by atoms with E-state index in [1.165, 1.54) is 6.42 Å². The van der Waals surface area contributed by atoms with Crippen LogP contribution in [0.1, 0.15) is 78.6 Å². The van der Waals surface area contributed by atoms with E-state index in [1.807, 2.05) is 4.90 Å². The van der Waals surface area contributed by atoms with E-state index in [0.29, 0.717) is 5.41 Å². The number of carbonyl (C=O) groups is 2. The summed E-state index contributed by atoms with van der Waals surface area (Å²) in [6.07, 6.45) is 9.68. The summed E-state index contributed by atoms with van der Waals surface area (Å²) in [6, 6.07) is 0.400. The van der Waals surface area contributed by atoms with Crippen LogP contribution < -0.4 is 21.3 Å². The van der Waals surface area contributed by atoms with Gasteiger partial charge in [0.15, 0.2) is 0 Å². The van der Waals surface area contributed by atoms with Gasteiger partial charge in [-0.15, -0.1) is 0 Å². The fraction of sp³-hybridized carbons (Fsp3) is 0.923. The summed E-state index contributed by atoms with van der Waals surface area (Å²) in [5, 5.41) is 13.6. The third-order valence-electron chi connectivity index (χ3n) is 8.67. The van der Waals surface area contributed by atoms with Gasteiger partial charge in [-0.25, -0.2) is 4.79 Å². The summed E-state index contributed by atoms with van der Waals surface area (Å²) in [5.74, 6) is 1.13. The van der Waals surface area contributed by atoms with Gasteiger partial charge in [0.1, 0.15) is 6.29 Å². The molecule has 2 saturated heterocycles. The van der Waals surface area contributed by atoms with Gasteiger partial charge >= 0.3 is 6.03 Å². The second kappa shape index (κ2) is 11.6. The van der Waals surface area contributed by atoms with Gasteiger partial charge in [0.25, 0.3) is 0 Å². The average molecular weight is 477 g/mol. The lowest BCUT2D eigenvalue weighted by molar-refractivity contribution is -0.127. The number of hydrogen-bond acceptors (Lipinski definition) is 5. The Morgan fingerprint density at radius 1 is 0.794 bits per heavy atom. The number of nitrogens with zero attached hydrogens (tertiary/aromatic N) is 2. The van der Waals surface area contributed by atoms with Crippen LogP contribution in [-0.4, -0.2) is 79.4 Å². The molecule has 8 nitrogen and oxygen atoms in total. The first-order chi connectivity index (χ1) is 16.3. The molecule has 2 aliphatic carbocycles. The molecule has 0 bridgehead atoms. The van der Waals surface area contributed by atoms with E-state index in [4.69, 9.17) is 0 Å². The number of carbonyl (C=O) groups excluding carboxylic acids is 2. The van der Waals surface area contributed by atoms with E-state index < -0.39 is 0 Å². The number of amides is 3.